The number of nitrogens with zero attached hydrogens (tertiary/aromatic N) is 4. The number of aryl methyl sites for hydroxylation is 1. The minimum Gasteiger partial charge on any atom is -0.383 e. The number of allylic oxidation sites excluding steroid dienone is 1. The average molecular weight is 411 g/mol. The lowest BCUT2D eigenvalue weighted by atomic mass is 9.75. The predicted octanol–water partition coefficient (Wildman–Crippen LogP) is 3.26. The third-order valence-corrected chi connectivity index (χ3v) is 5.39. The van der Waals surface area contributed by atoms with Gasteiger partial charge in [-0.3, -0.25) is 9.59 Å². The van der Waals surface area contributed by atoms with E-state index in [1.165, 1.54) is 0 Å². The lowest BCUT2D eigenvalue weighted by molar-refractivity contribution is 0.0743. The molecule has 7 nitrogen and oxygen atoms in total. The molecule has 7 heteroatoms. The van der Waals surface area contributed by atoms with Gasteiger partial charge in [-0.2, -0.15) is 5.10 Å². The summed E-state index contributed by atoms with van der Waals surface area (Å²) in [4.78, 5) is 31.5. The van der Waals surface area contributed by atoms with Crippen LogP contribution in [0, 0.1) is 5.41 Å². The molecule has 2 aromatic rings. The van der Waals surface area contributed by atoms with E-state index in [1.54, 1.807) is 42.1 Å². The Morgan fingerprint density at radius 2 is 2.13 bits per heavy atom. The van der Waals surface area contributed by atoms with Gasteiger partial charge in [0.15, 0.2) is 11.6 Å². The van der Waals surface area contributed by atoms with E-state index in [0.717, 1.165) is 29.8 Å². The van der Waals surface area contributed by atoms with Gasteiger partial charge in [0.1, 0.15) is 0 Å². The quantitative estimate of drug-likeness (QED) is 0.624. The summed E-state index contributed by atoms with van der Waals surface area (Å²) in [6.45, 7) is 8.96. The SMILES string of the molecule is C=CCCc1nn(-c2ccc(C(=O)N(C)CCOC)cn2)c2c1C(=O)CC(C)(C)C2. The van der Waals surface area contributed by atoms with Crippen LogP contribution in [0.2, 0.25) is 0 Å². The van der Waals surface area contributed by atoms with E-state index >= 15 is 0 Å². The number of rotatable bonds is 8. The lowest BCUT2D eigenvalue weighted by Crippen LogP contribution is -2.30. The first-order valence-corrected chi connectivity index (χ1v) is 10.2. The third kappa shape index (κ3) is 4.51. The number of aromatic nitrogens is 3. The van der Waals surface area contributed by atoms with Crippen LogP contribution in [-0.2, 0) is 17.6 Å². The van der Waals surface area contributed by atoms with Crippen molar-refractivity contribution in [3.63, 3.8) is 0 Å². The fraction of sp³-hybridized carbons (Fsp3) is 0.478. The van der Waals surface area contributed by atoms with Crippen molar-refractivity contribution in [2.24, 2.45) is 5.41 Å². The fourth-order valence-corrected chi connectivity index (χ4v) is 3.82. The van der Waals surface area contributed by atoms with E-state index in [4.69, 9.17) is 9.84 Å². The Bertz CT molecular complexity index is 944. The molecule has 0 fully saturated rings. The predicted molar refractivity (Wildman–Crippen MR) is 115 cm³/mol. The van der Waals surface area contributed by atoms with Crippen LogP contribution in [0.4, 0.5) is 0 Å². The summed E-state index contributed by atoms with van der Waals surface area (Å²) in [5.41, 5.74) is 2.81. The molecule has 0 unspecified atom stereocenters. The van der Waals surface area contributed by atoms with Gasteiger partial charge in [0.25, 0.3) is 5.91 Å². The normalized spacial score (nSPS) is 15.0. The number of carbonyl (C=O) groups excluding carboxylic acids is 2. The van der Waals surface area contributed by atoms with Crippen molar-refractivity contribution in [1.29, 1.82) is 0 Å². The number of pyridine rings is 1. The molecule has 0 saturated heterocycles. The number of ether oxygens (including phenoxy) is 1. The average Bonchev–Trinajstić information content (AvgIpc) is 3.07. The molecule has 30 heavy (non-hydrogen) atoms. The van der Waals surface area contributed by atoms with Gasteiger partial charge < -0.3 is 9.64 Å². The Hall–Kier alpha value is -2.80. The highest BCUT2D eigenvalue weighted by Gasteiger charge is 2.36. The number of amides is 1. The van der Waals surface area contributed by atoms with Gasteiger partial charge in [0.05, 0.1) is 29.1 Å². The van der Waals surface area contributed by atoms with Crippen LogP contribution in [0.5, 0.6) is 0 Å². The number of fused-ring (bicyclic) bond motifs is 1. The molecule has 160 valence electrons. The zero-order valence-electron chi connectivity index (χ0n) is 18.3. The molecule has 3 rings (SSSR count). The van der Waals surface area contributed by atoms with Gasteiger partial charge in [-0.05, 0) is 36.8 Å². The maximum absolute atomic E-state index is 12.9. The minimum atomic E-state index is -0.127. The standard InChI is InChI=1S/C23H30N4O3/c1-6-7-8-17-21-18(13-23(2,3)14-19(21)28)27(25-17)20-10-9-16(15-24-20)22(29)26(4)11-12-30-5/h6,9-10,15H,1,7-8,11-14H2,2-5H3. The Labute approximate surface area is 177 Å². The van der Waals surface area contributed by atoms with Crippen LogP contribution in [-0.4, -0.2) is 58.7 Å². The highest BCUT2D eigenvalue weighted by molar-refractivity contribution is 6.00. The highest BCUT2D eigenvalue weighted by Crippen LogP contribution is 2.37. The van der Waals surface area contributed by atoms with E-state index in [9.17, 15) is 9.59 Å². The first-order chi connectivity index (χ1) is 14.3. The fourth-order valence-electron chi connectivity index (χ4n) is 3.82. The van der Waals surface area contributed by atoms with E-state index in [0.29, 0.717) is 37.4 Å². The number of hydrogen-bond donors (Lipinski definition) is 0. The molecule has 0 atom stereocenters. The zero-order chi connectivity index (χ0) is 21.9. The smallest absolute Gasteiger partial charge is 0.255 e. The molecular formula is C23H30N4O3. The number of carbonyl (C=O) groups is 2. The van der Waals surface area contributed by atoms with E-state index < -0.39 is 0 Å². The van der Waals surface area contributed by atoms with Gasteiger partial charge in [0.2, 0.25) is 0 Å². The van der Waals surface area contributed by atoms with E-state index in [1.807, 2.05) is 6.08 Å². The Kier molecular flexibility index (Phi) is 6.51. The van der Waals surface area contributed by atoms with Crippen molar-refractivity contribution in [1.82, 2.24) is 19.7 Å². The summed E-state index contributed by atoms with van der Waals surface area (Å²) < 4.78 is 6.80. The van der Waals surface area contributed by atoms with E-state index in [2.05, 4.69) is 25.4 Å². The second-order valence-electron chi connectivity index (χ2n) is 8.57. The molecule has 1 aliphatic rings. The molecule has 2 aromatic heterocycles. The molecule has 0 aromatic carbocycles. The summed E-state index contributed by atoms with van der Waals surface area (Å²) >= 11 is 0. The number of Topliss-reactive ketones (excluding diaryl/α,β-unsaturated/α-hetero) is 1. The Morgan fingerprint density at radius 3 is 2.77 bits per heavy atom. The van der Waals surface area contributed by atoms with Crippen LogP contribution in [0.25, 0.3) is 5.82 Å². The van der Waals surface area contributed by atoms with Gasteiger partial charge in [0, 0.05) is 33.3 Å². The van der Waals surface area contributed by atoms with Crippen LogP contribution in [0.15, 0.2) is 31.0 Å². The van der Waals surface area contributed by atoms with Crippen LogP contribution in [0.3, 0.4) is 0 Å². The van der Waals surface area contributed by atoms with Crippen molar-refractivity contribution in [2.75, 3.05) is 27.3 Å². The van der Waals surface area contributed by atoms with Crippen LogP contribution >= 0.6 is 0 Å². The van der Waals surface area contributed by atoms with Gasteiger partial charge in [-0.1, -0.05) is 19.9 Å². The second-order valence-corrected chi connectivity index (χ2v) is 8.57. The first kappa shape index (κ1) is 21.9. The van der Waals surface area contributed by atoms with Crippen LogP contribution < -0.4 is 0 Å². The summed E-state index contributed by atoms with van der Waals surface area (Å²) in [5.74, 6) is 0.632. The van der Waals surface area contributed by atoms with Crippen molar-refractivity contribution in [2.45, 2.75) is 39.5 Å². The summed E-state index contributed by atoms with van der Waals surface area (Å²) in [7, 11) is 3.34. The molecule has 2 heterocycles. The summed E-state index contributed by atoms with van der Waals surface area (Å²) in [6.07, 6.45) is 6.09. The van der Waals surface area contributed by atoms with Crippen molar-refractivity contribution in [3.05, 3.63) is 53.5 Å². The summed E-state index contributed by atoms with van der Waals surface area (Å²) in [5, 5.41) is 4.74. The summed E-state index contributed by atoms with van der Waals surface area (Å²) in [6, 6.07) is 3.54. The molecule has 0 bridgehead atoms. The maximum atomic E-state index is 12.9. The first-order valence-electron chi connectivity index (χ1n) is 10.2. The van der Waals surface area contributed by atoms with E-state index in [-0.39, 0.29) is 17.1 Å². The van der Waals surface area contributed by atoms with Crippen molar-refractivity contribution < 1.29 is 14.3 Å². The zero-order valence-corrected chi connectivity index (χ0v) is 18.3. The Balaban J connectivity index is 1.95. The second kappa shape index (κ2) is 8.92. The van der Waals surface area contributed by atoms with Gasteiger partial charge in [-0.15, -0.1) is 6.58 Å². The largest absolute Gasteiger partial charge is 0.383 e. The van der Waals surface area contributed by atoms with Crippen LogP contribution in [0.1, 0.15) is 58.8 Å². The number of methoxy groups -OCH3 is 1. The van der Waals surface area contributed by atoms with Crippen molar-refractivity contribution >= 4 is 11.7 Å². The molecule has 1 amide bonds. The number of likely N-dealkylation sites (N-methyl/N-ethyl adjacent to an activating group) is 1. The minimum absolute atomic E-state index is 0.114. The molecule has 0 radical (unpaired) electrons. The lowest BCUT2D eigenvalue weighted by Gasteiger charge is -2.29. The molecule has 0 N–H and O–H groups in total. The maximum Gasteiger partial charge on any atom is 0.255 e. The molecule has 0 spiro atoms. The molecular weight excluding hydrogens is 380 g/mol. The molecule has 0 aliphatic heterocycles. The number of hydrogen-bond acceptors (Lipinski definition) is 5. The van der Waals surface area contributed by atoms with Gasteiger partial charge in [-0.25, -0.2) is 9.67 Å². The molecule has 0 saturated carbocycles. The molecule has 1 aliphatic carbocycles. The monoisotopic (exact) mass is 410 g/mol. The Morgan fingerprint density at radius 1 is 1.37 bits per heavy atom. The van der Waals surface area contributed by atoms with Crippen molar-refractivity contribution in [3.8, 4) is 5.82 Å². The number of ketones is 1. The highest BCUT2D eigenvalue weighted by atomic mass is 16.5. The third-order valence-electron chi connectivity index (χ3n) is 5.39. The topological polar surface area (TPSA) is 77.3 Å². The van der Waals surface area contributed by atoms with Gasteiger partial charge >= 0.3 is 0 Å².